The van der Waals surface area contributed by atoms with Gasteiger partial charge in [0, 0.05) is 17.0 Å². The molecule has 1 aliphatic rings. The molecule has 1 aliphatic heterocycles. The summed E-state index contributed by atoms with van der Waals surface area (Å²) in [6.07, 6.45) is 1.66. The summed E-state index contributed by atoms with van der Waals surface area (Å²) in [6.45, 7) is 0. The zero-order valence-electron chi connectivity index (χ0n) is 9.83. The lowest BCUT2D eigenvalue weighted by atomic mass is 10.1. The second-order valence-corrected chi connectivity index (χ2v) is 3.89. The van der Waals surface area contributed by atoms with Gasteiger partial charge in [-0.2, -0.15) is 0 Å². The molecule has 0 aliphatic carbocycles. The van der Waals surface area contributed by atoms with Crippen LogP contribution in [-0.4, -0.2) is 28.3 Å². The van der Waals surface area contributed by atoms with Crippen molar-refractivity contribution in [2.24, 2.45) is 0 Å². The average molecular weight is 239 g/mol. The number of carbonyl (C=O) groups is 1. The number of ketones is 1. The van der Waals surface area contributed by atoms with Crippen LogP contribution in [-0.2, 0) is 4.84 Å². The minimum absolute atomic E-state index is 0.0637. The van der Waals surface area contributed by atoms with Crippen LogP contribution in [0.3, 0.4) is 0 Å². The summed E-state index contributed by atoms with van der Waals surface area (Å²) < 4.78 is 1.53. The lowest BCUT2D eigenvalue weighted by Crippen LogP contribution is -2.20. The van der Waals surface area contributed by atoms with Gasteiger partial charge in [0.25, 0.3) is 11.5 Å². The number of fused-ring (bicyclic) bond motifs is 1. The minimum atomic E-state index is -0.0637. The van der Waals surface area contributed by atoms with Gasteiger partial charge in [-0.3, -0.25) is 9.63 Å². The van der Waals surface area contributed by atoms with Gasteiger partial charge in [0.2, 0.25) is 0 Å². The Labute approximate surface area is 104 Å². The number of para-hydroxylation sites is 1. The van der Waals surface area contributed by atoms with Crippen LogP contribution in [0, 0.1) is 0 Å². The standard InChI is InChI=1S/C14H11N2O2/c1-18-16-12-8-3-2-6-10(12)14(17)13(16)11-7-4-5-9-15-11/h2-9H,1H3/q+1. The molecule has 0 saturated carbocycles. The molecule has 0 amide bonds. The first-order chi connectivity index (χ1) is 8.83. The highest BCUT2D eigenvalue weighted by atomic mass is 16.7. The summed E-state index contributed by atoms with van der Waals surface area (Å²) in [6, 6.07) is 12.8. The first kappa shape index (κ1) is 10.7. The van der Waals surface area contributed by atoms with Gasteiger partial charge in [-0.1, -0.05) is 18.2 Å². The van der Waals surface area contributed by atoms with E-state index in [1.165, 1.54) is 11.8 Å². The molecular weight excluding hydrogens is 228 g/mol. The summed E-state index contributed by atoms with van der Waals surface area (Å²) in [4.78, 5) is 21.9. The molecule has 88 valence electrons. The maximum Gasteiger partial charge on any atom is 0.331 e. The number of carbonyl (C=O) groups excluding carboxylic acids is 1. The van der Waals surface area contributed by atoms with Crippen molar-refractivity contribution in [3.8, 4) is 0 Å². The molecule has 0 unspecified atom stereocenters. The number of benzene rings is 1. The highest BCUT2D eigenvalue weighted by molar-refractivity contribution is 6.51. The third-order valence-corrected chi connectivity index (χ3v) is 2.88. The Bertz CT molecular complexity index is 648. The molecule has 0 N–H and O–H groups in total. The number of hydrogen-bond acceptors (Lipinski definition) is 3. The fourth-order valence-electron chi connectivity index (χ4n) is 2.10. The van der Waals surface area contributed by atoms with Gasteiger partial charge in [-0.15, -0.1) is 0 Å². The first-order valence-corrected chi connectivity index (χ1v) is 5.59. The van der Waals surface area contributed by atoms with Gasteiger partial charge in [0.05, 0.1) is 0 Å². The number of aromatic nitrogens is 1. The molecule has 18 heavy (non-hydrogen) atoms. The van der Waals surface area contributed by atoms with Crippen molar-refractivity contribution in [2.45, 2.75) is 0 Å². The van der Waals surface area contributed by atoms with E-state index in [0.29, 0.717) is 17.0 Å². The largest absolute Gasteiger partial charge is 0.331 e. The van der Waals surface area contributed by atoms with Gasteiger partial charge in [0.15, 0.2) is 0 Å². The van der Waals surface area contributed by atoms with Gasteiger partial charge in [-0.25, -0.2) is 4.98 Å². The Morgan fingerprint density at radius 1 is 1.11 bits per heavy atom. The molecule has 4 heteroatoms. The van der Waals surface area contributed by atoms with Crippen molar-refractivity contribution in [1.82, 2.24) is 4.98 Å². The second kappa shape index (κ2) is 4.07. The summed E-state index contributed by atoms with van der Waals surface area (Å²) >= 11 is 0. The van der Waals surface area contributed by atoms with Crippen LogP contribution in [0.1, 0.15) is 16.1 Å². The van der Waals surface area contributed by atoms with Crippen molar-refractivity contribution >= 4 is 17.2 Å². The quantitative estimate of drug-likeness (QED) is 0.752. The summed E-state index contributed by atoms with van der Waals surface area (Å²) in [5, 5.41) is 0. The van der Waals surface area contributed by atoms with E-state index in [1.807, 2.05) is 30.3 Å². The predicted molar refractivity (Wildman–Crippen MR) is 66.0 cm³/mol. The van der Waals surface area contributed by atoms with Gasteiger partial charge in [-0.05, 0) is 18.2 Å². The Morgan fingerprint density at radius 3 is 2.61 bits per heavy atom. The zero-order chi connectivity index (χ0) is 12.5. The Kier molecular flexibility index (Phi) is 2.41. The van der Waals surface area contributed by atoms with Gasteiger partial charge in [0.1, 0.15) is 18.4 Å². The van der Waals surface area contributed by atoms with Crippen LogP contribution in [0.25, 0.3) is 0 Å². The predicted octanol–water partition coefficient (Wildman–Crippen LogP) is 1.97. The first-order valence-electron chi connectivity index (χ1n) is 5.59. The minimum Gasteiger partial charge on any atom is -0.281 e. The number of hydrogen-bond donors (Lipinski definition) is 0. The summed E-state index contributed by atoms with van der Waals surface area (Å²) in [5.41, 5.74) is 2.46. The molecule has 1 aromatic heterocycles. The van der Waals surface area contributed by atoms with Crippen LogP contribution in [0.2, 0.25) is 0 Å². The molecule has 0 radical (unpaired) electrons. The molecule has 1 aromatic carbocycles. The topological polar surface area (TPSA) is 42.2 Å². The fraction of sp³-hybridized carbons (Fsp3) is 0.0714. The molecule has 2 aromatic rings. The normalized spacial score (nSPS) is 13.7. The van der Waals surface area contributed by atoms with E-state index in [-0.39, 0.29) is 5.78 Å². The van der Waals surface area contributed by atoms with Crippen LogP contribution in [0.15, 0.2) is 48.7 Å². The SMILES string of the molecule is CO[N+]1=C(c2ccccn2)C(=O)c2ccccc21. The second-order valence-electron chi connectivity index (χ2n) is 3.89. The molecule has 0 bridgehead atoms. The van der Waals surface area contributed by atoms with Crippen molar-refractivity contribution in [3.05, 3.63) is 59.9 Å². The molecule has 0 atom stereocenters. The monoisotopic (exact) mass is 239 g/mol. The molecule has 0 fully saturated rings. The van der Waals surface area contributed by atoms with E-state index >= 15 is 0 Å². The zero-order valence-corrected chi connectivity index (χ0v) is 9.83. The summed E-state index contributed by atoms with van der Waals surface area (Å²) in [5.74, 6) is -0.0637. The van der Waals surface area contributed by atoms with Crippen molar-refractivity contribution in [2.75, 3.05) is 7.11 Å². The Morgan fingerprint density at radius 2 is 1.89 bits per heavy atom. The van der Waals surface area contributed by atoms with Crippen molar-refractivity contribution in [1.29, 1.82) is 0 Å². The number of nitrogens with zero attached hydrogens (tertiary/aromatic N) is 2. The maximum absolute atomic E-state index is 12.4. The molecular formula is C14H11N2O2+. The van der Waals surface area contributed by atoms with E-state index in [4.69, 9.17) is 4.84 Å². The molecule has 0 saturated heterocycles. The fourth-order valence-corrected chi connectivity index (χ4v) is 2.10. The van der Waals surface area contributed by atoms with Crippen molar-refractivity contribution in [3.63, 3.8) is 0 Å². The number of Topliss-reactive ketones (excluding diaryl/α,β-unsaturated/α-hetero) is 1. The van der Waals surface area contributed by atoms with Crippen LogP contribution < -0.4 is 0 Å². The lowest BCUT2D eigenvalue weighted by Gasteiger charge is -1.96. The highest BCUT2D eigenvalue weighted by Crippen LogP contribution is 2.27. The molecule has 3 rings (SSSR count). The van der Waals surface area contributed by atoms with E-state index in [9.17, 15) is 4.79 Å². The number of rotatable bonds is 2. The van der Waals surface area contributed by atoms with Gasteiger partial charge < -0.3 is 0 Å². The lowest BCUT2D eigenvalue weighted by molar-refractivity contribution is -0.717. The van der Waals surface area contributed by atoms with Gasteiger partial charge >= 0.3 is 5.71 Å². The smallest absolute Gasteiger partial charge is 0.281 e. The number of pyridine rings is 1. The van der Waals surface area contributed by atoms with E-state index in [0.717, 1.165) is 5.69 Å². The van der Waals surface area contributed by atoms with E-state index in [2.05, 4.69) is 4.98 Å². The maximum atomic E-state index is 12.4. The van der Waals surface area contributed by atoms with Crippen molar-refractivity contribution < 1.29 is 14.4 Å². The highest BCUT2D eigenvalue weighted by Gasteiger charge is 2.41. The summed E-state index contributed by atoms with van der Waals surface area (Å²) in [7, 11) is 1.54. The molecule has 0 spiro atoms. The molecule has 4 nitrogen and oxygen atoms in total. The third-order valence-electron chi connectivity index (χ3n) is 2.88. The van der Waals surface area contributed by atoms with E-state index < -0.39 is 0 Å². The Hall–Kier alpha value is -2.49. The average Bonchev–Trinajstić information content (AvgIpc) is 2.73. The Balaban J connectivity index is 2.24. The molecule has 2 heterocycles. The van der Waals surface area contributed by atoms with Crippen LogP contribution >= 0.6 is 0 Å². The van der Waals surface area contributed by atoms with E-state index in [1.54, 1.807) is 18.3 Å². The van der Waals surface area contributed by atoms with Crippen LogP contribution in [0.5, 0.6) is 0 Å². The van der Waals surface area contributed by atoms with Crippen LogP contribution in [0.4, 0.5) is 5.69 Å². The third kappa shape index (κ3) is 1.43.